The summed E-state index contributed by atoms with van der Waals surface area (Å²) in [7, 11) is 0. The van der Waals surface area contributed by atoms with Crippen molar-refractivity contribution in [2.45, 2.75) is 44.2 Å². The number of ether oxygens (including phenoxy) is 1. The van der Waals surface area contributed by atoms with Gasteiger partial charge in [0.05, 0.1) is 6.61 Å². The van der Waals surface area contributed by atoms with Crippen LogP contribution >= 0.6 is 11.6 Å². The largest absolute Gasteiger partial charge is 0.465 e. The maximum absolute atomic E-state index is 11.5. The zero-order valence-corrected chi connectivity index (χ0v) is 9.85. The zero-order valence-electron chi connectivity index (χ0n) is 9.09. The molecule has 1 saturated carbocycles. The first-order valence-electron chi connectivity index (χ1n) is 5.72. The molecule has 1 heterocycles. The van der Waals surface area contributed by atoms with Crippen molar-refractivity contribution >= 4 is 17.6 Å². The topological polar surface area (TPSA) is 38.3 Å². The van der Waals surface area contributed by atoms with E-state index in [1.807, 2.05) is 6.92 Å². The second-order valence-electron chi connectivity index (χ2n) is 4.53. The number of esters is 1. The number of rotatable bonds is 5. The van der Waals surface area contributed by atoms with Crippen LogP contribution in [0.5, 0.6) is 0 Å². The number of hydrogen-bond acceptors (Lipinski definition) is 3. The summed E-state index contributed by atoms with van der Waals surface area (Å²) in [6, 6.07) is -0.0703. The predicted molar refractivity (Wildman–Crippen MR) is 59.0 cm³/mol. The van der Waals surface area contributed by atoms with Gasteiger partial charge in [-0.1, -0.05) is 0 Å². The molecule has 1 saturated heterocycles. The Bertz CT molecular complexity index is 259. The van der Waals surface area contributed by atoms with Gasteiger partial charge in [0, 0.05) is 11.4 Å². The van der Waals surface area contributed by atoms with Gasteiger partial charge in [0.25, 0.3) is 0 Å². The molecule has 1 aliphatic carbocycles. The van der Waals surface area contributed by atoms with Crippen molar-refractivity contribution in [2.75, 3.05) is 12.5 Å². The fraction of sp³-hybridized carbons (Fsp3) is 0.909. The highest BCUT2D eigenvalue weighted by Crippen LogP contribution is 2.54. The molecule has 1 N–H and O–H groups in total. The van der Waals surface area contributed by atoms with E-state index in [0.717, 1.165) is 19.3 Å². The molecule has 2 rings (SSSR count). The van der Waals surface area contributed by atoms with Gasteiger partial charge in [-0.25, -0.2) is 0 Å². The van der Waals surface area contributed by atoms with Crippen molar-refractivity contribution in [3.8, 4) is 0 Å². The van der Waals surface area contributed by atoms with Gasteiger partial charge in [0.15, 0.2) is 0 Å². The third-order valence-corrected chi connectivity index (χ3v) is 3.81. The van der Waals surface area contributed by atoms with E-state index in [-0.39, 0.29) is 17.6 Å². The number of carbonyl (C=O) groups excluding carboxylic acids is 1. The van der Waals surface area contributed by atoms with Crippen molar-refractivity contribution in [3.63, 3.8) is 0 Å². The predicted octanol–water partition coefficient (Wildman–Crippen LogP) is 1.69. The number of alkyl halides is 1. The van der Waals surface area contributed by atoms with Crippen LogP contribution in [0.4, 0.5) is 0 Å². The van der Waals surface area contributed by atoms with Crippen molar-refractivity contribution in [2.24, 2.45) is 5.92 Å². The molecule has 3 nitrogen and oxygen atoms in total. The van der Waals surface area contributed by atoms with Gasteiger partial charge in [-0.15, -0.1) is 11.6 Å². The number of nitrogens with one attached hydrogen (secondary N) is 1. The molecular weight excluding hydrogens is 214 g/mol. The Morgan fingerprint density at radius 2 is 2.47 bits per heavy atom. The summed E-state index contributed by atoms with van der Waals surface area (Å²) in [5, 5.41) is 3.43. The van der Waals surface area contributed by atoms with E-state index in [4.69, 9.17) is 16.3 Å². The van der Waals surface area contributed by atoms with E-state index in [1.165, 1.54) is 6.42 Å². The minimum absolute atomic E-state index is 0.0703. The van der Waals surface area contributed by atoms with Crippen LogP contribution in [0.25, 0.3) is 0 Å². The first-order chi connectivity index (χ1) is 7.22. The second kappa shape index (κ2) is 4.30. The number of halogens is 1. The van der Waals surface area contributed by atoms with Gasteiger partial charge in [-0.3, -0.25) is 10.1 Å². The van der Waals surface area contributed by atoms with Crippen LogP contribution < -0.4 is 5.32 Å². The third-order valence-electron chi connectivity index (χ3n) is 3.54. The molecule has 86 valence electrons. The molecule has 0 aromatic heterocycles. The molecule has 2 aliphatic rings. The maximum Gasteiger partial charge on any atom is 0.323 e. The van der Waals surface area contributed by atoms with Gasteiger partial charge < -0.3 is 4.74 Å². The van der Waals surface area contributed by atoms with E-state index in [1.54, 1.807) is 0 Å². The molecule has 3 atom stereocenters. The van der Waals surface area contributed by atoms with E-state index in [0.29, 0.717) is 18.4 Å². The van der Waals surface area contributed by atoms with Crippen LogP contribution in [-0.2, 0) is 9.53 Å². The Hall–Kier alpha value is -0.280. The minimum atomic E-state index is -0.0880. The Labute approximate surface area is 95.5 Å². The van der Waals surface area contributed by atoms with Crippen LogP contribution in [0.1, 0.15) is 32.6 Å². The van der Waals surface area contributed by atoms with E-state index < -0.39 is 0 Å². The first-order valence-corrected chi connectivity index (χ1v) is 6.25. The van der Waals surface area contributed by atoms with Crippen molar-refractivity contribution in [1.82, 2.24) is 5.32 Å². The van der Waals surface area contributed by atoms with Crippen LogP contribution in [0.2, 0.25) is 0 Å². The molecule has 1 aliphatic heterocycles. The average Bonchev–Trinajstić information content (AvgIpc) is 2.78. The quantitative estimate of drug-likeness (QED) is 0.578. The number of fused-ring (bicyclic) bond motifs is 1. The van der Waals surface area contributed by atoms with Crippen molar-refractivity contribution in [3.05, 3.63) is 0 Å². The van der Waals surface area contributed by atoms with Crippen LogP contribution in [0.15, 0.2) is 0 Å². The summed E-state index contributed by atoms with van der Waals surface area (Å²) in [4.78, 5) is 11.5. The molecular formula is C11H18ClNO2. The summed E-state index contributed by atoms with van der Waals surface area (Å²) in [5.41, 5.74) is 0.228. The smallest absolute Gasteiger partial charge is 0.323 e. The number of hydrogen-bond donors (Lipinski definition) is 1. The van der Waals surface area contributed by atoms with Crippen molar-refractivity contribution in [1.29, 1.82) is 0 Å². The van der Waals surface area contributed by atoms with Crippen molar-refractivity contribution < 1.29 is 9.53 Å². The SMILES string of the molecule is CCOC(=O)C1CC2CC2(CCCCl)N1. The van der Waals surface area contributed by atoms with Gasteiger partial charge in [-0.05, 0) is 38.5 Å². The molecule has 0 aromatic carbocycles. The fourth-order valence-electron chi connectivity index (χ4n) is 2.72. The van der Waals surface area contributed by atoms with Gasteiger partial charge in [0.2, 0.25) is 0 Å². The highest BCUT2D eigenvalue weighted by Gasteiger charge is 2.60. The van der Waals surface area contributed by atoms with E-state index in [9.17, 15) is 4.79 Å². The number of carbonyl (C=O) groups is 1. The summed E-state index contributed by atoms with van der Waals surface area (Å²) < 4.78 is 5.02. The highest BCUT2D eigenvalue weighted by molar-refractivity contribution is 6.17. The lowest BCUT2D eigenvalue weighted by Gasteiger charge is -2.17. The lowest BCUT2D eigenvalue weighted by Crippen LogP contribution is -2.41. The summed E-state index contributed by atoms with van der Waals surface area (Å²) in [6.07, 6.45) is 4.28. The van der Waals surface area contributed by atoms with Crippen LogP contribution in [0.3, 0.4) is 0 Å². The van der Waals surface area contributed by atoms with Gasteiger partial charge >= 0.3 is 5.97 Å². The molecule has 3 unspecified atom stereocenters. The molecule has 0 radical (unpaired) electrons. The second-order valence-corrected chi connectivity index (χ2v) is 4.91. The monoisotopic (exact) mass is 231 g/mol. The standard InChI is InChI=1S/C11H18ClNO2/c1-2-15-10(14)9-6-8-7-11(8,13-9)4-3-5-12/h8-9,13H,2-7H2,1H3. The molecule has 0 spiro atoms. The Morgan fingerprint density at radius 1 is 1.67 bits per heavy atom. The lowest BCUT2D eigenvalue weighted by atomic mass is 10.1. The van der Waals surface area contributed by atoms with E-state index in [2.05, 4.69) is 5.32 Å². The minimum Gasteiger partial charge on any atom is -0.465 e. The summed E-state index contributed by atoms with van der Waals surface area (Å²) >= 11 is 5.69. The summed E-state index contributed by atoms with van der Waals surface area (Å²) in [6.45, 7) is 2.31. The van der Waals surface area contributed by atoms with Crippen LogP contribution in [0, 0.1) is 5.92 Å². The normalized spacial score (nSPS) is 37.5. The zero-order chi connectivity index (χ0) is 10.9. The highest BCUT2D eigenvalue weighted by atomic mass is 35.5. The summed E-state index contributed by atoms with van der Waals surface area (Å²) in [5.74, 6) is 1.30. The molecule has 15 heavy (non-hydrogen) atoms. The Balaban J connectivity index is 1.83. The first kappa shape index (κ1) is 11.2. The molecule has 0 amide bonds. The Morgan fingerprint density at radius 3 is 3.13 bits per heavy atom. The fourth-order valence-corrected chi connectivity index (χ4v) is 2.85. The maximum atomic E-state index is 11.5. The molecule has 2 fully saturated rings. The average molecular weight is 232 g/mol. The third kappa shape index (κ3) is 2.13. The van der Waals surface area contributed by atoms with Gasteiger partial charge in [0.1, 0.15) is 6.04 Å². The van der Waals surface area contributed by atoms with Crippen LogP contribution in [-0.4, -0.2) is 30.0 Å². The molecule has 0 aromatic rings. The number of piperidine rings is 1. The lowest BCUT2D eigenvalue weighted by molar-refractivity contribution is -0.145. The Kier molecular flexibility index (Phi) is 3.21. The van der Waals surface area contributed by atoms with E-state index >= 15 is 0 Å². The molecule has 4 heteroatoms. The molecule has 0 bridgehead atoms. The van der Waals surface area contributed by atoms with Gasteiger partial charge in [-0.2, -0.15) is 0 Å².